The first-order valence-electron chi connectivity index (χ1n) is 6.90. The van der Waals surface area contributed by atoms with Gasteiger partial charge in [-0.25, -0.2) is 0 Å². The first-order valence-corrected chi connectivity index (χ1v) is 6.90. The molecule has 2 rings (SSSR count). The second-order valence-electron chi connectivity index (χ2n) is 5.32. The molecule has 1 heterocycles. The average Bonchev–Trinajstić information content (AvgIpc) is 2.46. The third-order valence-electron chi connectivity index (χ3n) is 3.37. The van der Waals surface area contributed by atoms with Crippen LogP contribution in [0.2, 0.25) is 0 Å². The average molecular weight is 286 g/mol. The van der Waals surface area contributed by atoms with Crippen molar-refractivity contribution in [2.45, 2.75) is 19.5 Å². The molecule has 21 heavy (non-hydrogen) atoms. The van der Waals surface area contributed by atoms with Gasteiger partial charge >= 0.3 is 0 Å². The summed E-state index contributed by atoms with van der Waals surface area (Å²) in [5, 5.41) is 0. The zero-order valence-corrected chi connectivity index (χ0v) is 13.0. The molecule has 1 aromatic carbocycles. The molecule has 0 spiro atoms. The molecular weight excluding hydrogens is 264 g/mol. The van der Waals surface area contributed by atoms with Gasteiger partial charge < -0.3 is 10.6 Å². The number of benzene rings is 1. The van der Waals surface area contributed by atoms with E-state index in [0.29, 0.717) is 11.8 Å². The largest absolute Gasteiger partial charge is 0.368 e. The standard InChI is InChI=1S/C15H22N6/c1-11(21(4)10-12-8-6-5-7-9-12)13-17-14(16)19-15(18-13)20(2)3/h5-9,11H,10H2,1-4H3,(H2,16,17,18,19)/t11-/m1/s1. The Hall–Kier alpha value is -2.21. The van der Waals surface area contributed by atoms with Gasteiger partial charge in [-0.1, -0.05) is 30.3 Å². The van der Waals surface area contributed by atoms with Crippen LogP contribution in [0, 0.1) is 0 Å². The molecule has 0 radical (unpaired) electrons. The topological polar surface area (TPSA) is 71.2 Å². The van der Waals surface area contributed by atoms with Crippen LogP contribution in [-0.4, -0.2) is 41.0 Å². The summed E-state index contributed by atoms with van der Waals surface area (Å²) in [7, 11) is 5.82. The Labute approximate surface area is 125 Å². The van der Waals surface area contributed by atoms with Gasteiger partial charge in [0.15, 0.2) is 5.82 Å². The molecule has 0 aliphatic heterocycles. The number of hydrogen-bond donors (Lipinski definition) is 1. The first kappa shape index (κ1) is 15.2. The summed E-state index contributed by atoms with van der Waals surface area (Å²) in [5.41, 5.74) is 7.03. The Kier molecular flexibility index (Phi) is 4.70. The highest BCUT2D eigenvalue weighted by atomic mass is 15.3. The van der Waals surface area contributed by atoms with Crippen LogP contribution >= 0.6 is 0 Å². The van der Waals surface area contributed by atoms with Crippen LogP contribution in [0.3, 0.4) is 0 Å². The molecule has 1 atom stereocenters. The van der Waals surface area contributed by atoms with E-state index in [9.17, 15) is 0 Å². The number of nitrogens with two attached hydrogens (primary N) is 1. The molecule has 2 aromatic rings. The zero-order chi connectivity index (χ0) is 15.4. The summed E-state index contributed by atoms with van der Waals surface area (Å²) in [6, 6.07) is 10.4. The molecule has 112 valence electrons. The molecule has 2 N–H and O–H groups in total. The van der Waals surface area contributed by atoms with Crippen molar-refractivity contribution >= 4 is 11.9 Å². The van der Waals surface area contributed by atoms with E-state index in [1.54, 1.807) is 0 Å². The highest BCUT2D eigenvalue weighted by Gasteiger charge is 2.17. The SMILES string of the molecule is C[C@H](c1nc(N)nc(N(C)C)n1)N(C)Cc1ccccc1. The second kappa shape index (κ2) is 6.49. The van der Waals surface area contributed by atoms with Gasteiger partial charge in [0.2, 0.25) is 11.9 Å². The molecule has 1 aromatic heterocycles. The van der Waals surface area contributed by atoms with Crippen LogP contribution < -0.4 is 10.6 Å². The van der Waals surface area contributed by atoms with Crippen molar-refractivity contribution in [1.82, 2.24) is 19.9 Å². The lowest BCUT2D eigenvalue weighted by molar-refractivity contribution is 0.243. The van der Waals surface area contributed by atoms with E-state index < -0.39 is 0 Å². The molecule has 0 aliphatic rings. The van der Waals surface area contributed by atoms with Gasteiger partial charge in [-0.2, -0.15) is 15.0 Å². The van der Waals surface area contributed by atoms with Crippen molar-refractivity contribution in [3.63, 3.8) is 0 Å². The van der Waals surface area contributed by atoms with E-state index in [1.165, 1.54) is 5.56 Å². The Balaban J connectivity index is 2.17. The molecule has 0 unspecified atom stereocenters. The van der Waals surface area contributed by atoms with E-state index in [1.807, 2.05) is 44.2 Å². The van der Waals surface area contributed by atoms with E-state index in [0.717, 1.165) is 6.54 Å². The summed E-state index contributed by atoms with van der Waals surface area (Å²) < 4.78 is 0. The third kappa shape index (κ3) is 3.88. The summed E-state index contributed by atoms with van der Waals surface area (Å²) in [5.74, 6) is 1.52. The molecule has 0 saturated carbocycles. The number of anilines is 2. The van der Waals surface area contributed by atoms with Gasteiger partial charge in [0.05, 0.1) is 6.04 Å². The first-order chi connectivity index (χ1) is 9.97. The highest BCUT2D eigenvalue weighted by molar-refractivity contribution is 5.33. The molecule has 0 amide bonds. The van der Waals surface area contributed by atoms with E-state index in [4.69, 9.17) is 5.73 Å². The maximum absolute atomic E-state index is 5.78. The molecule has 6 heteroatoms. The lowest BCUT2D eigenvalue weighted by Crippen LogP contribution is -2.25. The van der Waals surface area contributed by atoms with E-state index in [-0.39, 0.29) is 12.0 Å². The Morgan fingerprint density at radius 1 is 1.05 bits per heavy atom. The van der Waals surface area contributed by atoms with Gasteiger partial charge in [0.1, 0.15) is 0 Å². The molecule has 6 nitrogen and oxygen atoms in total. The molecule has 0 bridgehead atoms. The van der Waals surface area contributed by atoms with Crippen LogP contribution in [0.15, 0.2) is 30.3 Å². The monoisotopic (exact) mass is 286 g/mol. The maximum atomic E-state index is 5.78. The number of hydrogen-bond acceptors (Lipinski definition) is 6. The van der Waals surface area contributed by atoms with Gasteiger partial charge in [-0.3, -0.25) is 4.90 Å². The van der Waals surface area contributed by atoms with Crippen LogP contribution in [0.25, 0.3) is 0 Å². The van der Waals surface area contributed by atoms with Crippen molar-refractivity contribution in [3.8, 4) is 0 Å². The number of rotatable bonds is 5. The number of nitrogens with zero attached hydrogens (tertiary/aromatic N) is 5. The van der Waals surface area contributed by atoms with E-state index >= 15 is 0 Å². The van der Waals surface area contributed by atoms with Crippen LogP contribution in [0.4, 0.5) is 11.9 Å². The quantitative estimate of drug-likeness (QED) is 0.902. The molecule has 0 aliphatic carbocycles. The van der Waals surface area contributed by atoms with Crippen LogP contribution in [0.1, 0.15) is 24.4 Å². The number of aromatic nitrogens is 3. The van der Waals surface area contributed by atoms with Crippen molar-refractivity contribution in [2.75, 3.05) is 31.8 Å². The maximum Gasteiger partial charge on any atom is 0.229 e. The van der Waals surface area contributed by atoms with Gasteiger partial charge in [-0.15, -0.1) is 0 Å². The smallest absolute Gasteiger partial charge is 0.229 e. The van der Waals surface area contributed by atoms with Crippen molar-refractivity contribution < 1.29 is 0 Å². The van der Waals surface area contributed by atoms with Crippen LogP contribution in [-0.2, 0) is 6.54 Å². The minimum Gasteiger partial charge on any atom is -0.368 e. The Morgan fingerprint density at radius 2 is 1.71 bits per heavy atom. The summed E-state index contributed by atoms with van der Waals surface area (Å²) in [4.78, 5) is 16.9. The summed E-state index contributed by atoms with van der Waals surface area (Å²) in [6.45, 7) is 2.89. The normalized spacial score (nSPS) is 12.4. The van der Waals surface area contributed by atoms with Crippen LogP contribution in [0.5, 0.6) is 0 Å². The summed E-state index contributed by atoms with van der Waals surface area (Å²) >= 11 is 0. The molecule has 0 saturated heterocycles. The highest BCUT2D eigenvalue weighted by Crippen LogP contribution is 2.19. The van der Waals surface area contributed by atoms with Gasteiger partial charge in [0, 0.05) is 20.6 Å². The Morgan fingerprint density at radius 3 is 2.33 bits per heavy atom. The fourth-order valence-corrected chi connectivity index (χ4v) is 1.99. The van der Waals surface area contributed by atoms with Crippen molar-refractivity contribution in [3.05, 3.63) is 41.7 Å². The minimum atomic E-state index is 0.0502. The fraction of sp³-hybridized carbons (Fsp3) is 0.400. The lowest BCUT2D eigenvalue weighted by Gasteiger charge is -2.24. The zero-order valence-electron chi connectivity index (χ0n) is 13.0. The van der Waals surface area contributed by atoms with Crippen molar-refractivity contribution in [1.29, 1.82) is 0 Å². The van der Waals surface area contributed by atoms with Gasteiger partial charge in [-0.05, 0) is 19.5 Å². The lowest BCUT2D eigenvalue weighted by atomic mass is 10.2. The number of nitrogen functional groups attached to an aromatic ring is 1. The van der Waals surface area contributed by atoms with Gasteiger partial charge in [0.25, 0.3) is 0 Å². The predicted octanol–water partition coefficient (Wildman–Crippen LogP) is 1.71. The molecular formula is C15H22N6. The van der Waals surface area contributed by atoms with E-state index in [2.05, 4.69) is 38.9 Å². The third-order valence-corrected chi connectivity index (χ3v) is 3.37. The second-order valence-corrected chi connectivity index (χ2v) is 5.32. The summed E-state index contributed by atoms with van der Waals surface area (Å²) in [6.07, 6.45) is 0. The Bertz CT molecular complexity index is 584. The predicted molar refractivity (Wildman–Crippen MR) is 84.9 cm³/mol. The molecule has 0 fully saturated rings. The fourth-order valence-electron chi connectivity index (χ4n) is 1.99. The minimum absolute atomic E-state index is 0.0502. The van der Waals surface area contributed by atoms with Crippen molar-refractivity contribution in [2.24, 2.45) is 0 Å².